The summed E-state index contributed by atoms with van der Waals surface area (Å²) in [7, 11) is 1.72. The van der Waals surface area contributed by atoms with E-state index in [-0.39, 0.29) is 5.56 Å². The first-order chi connectivity index (χ1) is 21.3. The second kappa shape index (κ2) is 12.9. The number of anilines is 1. The van der Waals surface area contributed by atoms with Crippen LogP contribution in [-0.4, -0.2) is 48.7 Å². The molecule has 0 bridgehead atoms. The number of hydrogen-bond acceptors (Lipinski definition) is 5. The Morgan fingerprint density at radius 1 is 1.09 bits per heavy atom. The van der Waals surface area contributed by atoms with Gasteiger partial charge in [0, 0.05) is 59.6 Å². The fourth-order valence-corrected chi connectivity index (χ4v) is 6.37. The van der Waals surface area contributed by atoms with Crippen molar-refractivity contribution < 1.29 is 27.8 Å². The van der Waals surface area contributed by atoms with E-state index in [4.69, 9.17) is 21.1 Å². The SMILES string of the molecule is COC1CCC(NC/C=C/C(=O)Nc2c(F)cc(C(=O)c3cn4c5c(cccc35)-c3c(Cl)cccc3OCC4)cc2F)CC1. The first-order valence-electron chi connectivity index (χ1n) is 14.6. The van der Waals surface area contributed by atoms with E-state index in [2.05, 4.69) is 10.6 Å². The Balaban J connectivity index is 1.19. The topological polar surface area (TPSA) is 81.6 Å². The molecule has 3 aromatic carbocycles. The van der Waals surface area contributed by atoms with E-state index < -0.39 is 29.0 Å². The molecular formula is C34H32ClF2N3O4. The van der Waals surface area contributed by atoms with E-state index in [9.17, 15) is 9.59 Å². The highest BCUT2D eigenvalue weighted by Gasteiger charge is 2.25. The summed E-state index contributed by atoms with van der Waals surface area (Å²) in [5, 5.41) is 6.76. The first kappa shape index (κ1) is 30.0. The monoisotopic (exact) mass is 619 g/mol. The molecule has 0 unspecified atom stereocenters. The van der Waals surface area contributed by atoms with Crippen LogP contribution < -0.4 is 15.4 Å². The summed E-state index contributed by atoms with van der Waals surface area (Å²) in [4.78, 5) is 26.1. The average Bonchev–Trinajstić information content (AvgIpc) is 3.39. The van der Waals surface area contributed by atoms with Gasteiger partial charge in [0.05, 0.1) is 23.2 Å². The van der Waals surface area contributed by atoms with Gasteiger partial charge >= 0.3 is 0 Å². The molecule has 44 heavy (non-hydrogen) atoms. The number of halogens is 3. The number of hydrogen-bond donors (Lipinski definition) is 2. The highest BCUT2D eigenvalue weighted by Crippen LogP contribution is 2.42. The fraction of sp³-hybridized carbons (Fsp3) is 0.294. The van der Waals surface area contributed by atoms with Crippen LogP contribution in [0.3, 0.4) is 0 Å². The third-order valence-electron chi connectivity index (χ3n) is 8.33. The molecule has 0 spiro atoms. The van der Waals surface area contributed by atoms with Gasteiger partial charge in [0.15, 0.2) is 5.78 Å². The van der Waals surface area contributed by atoms with Crippen molar-refractivity contribution in [3.05, 3.63) is 94.7 Å². The van der Waals surface area contributed by atoms with Crippen molar-refractivity contribution in [2.24, 2.45) is 0 Å². The Hall–Kier alpha value is -4.05. The summed E-state index contributed by atoms with van der Waals surface area (Å²) >= 11 is 6.57. The molecule has 2 N–H and O–H groups in total. The van der Waals surface area contributed by atoms with Crippen molar-refractivity contribution in [2.75, 3.05) is 25.6 Å². The molecule has 1 saturated carbocycles. The molecule has 10 heteroatoms. The zero-order valence-corrected chi connectivity index (χ0v) is 24.9. The molecule has 0 radical (unpaired) electrons. The quantitative estimate of drug-likeness (QED) is 0.166. The molecule has 0 saturated heterocycles. The molecule has 1 aromatic heterocycles. The number of para-hydroxylation sites is 1. The fourth-order valence-electron chi connectivity index (χ4n) is 6.11. The molecule has 228 valence electrons. The summed E-state index contributed by atoms with van der Waals surface area (Å²) in [6.07, 6.45) is 8.76. The highest BCUT2D eigenvalue weighted by molar-refractivity contribution is 6.34. The van der Waals surface area contributed by atoms with Crippen LogP contribution in [0.1, 0.15) is 41.6 Å². The zero-order valence-electron chi connectivity index (χ0n) is 24.2. The minimum Gasteiger partial charge on any atom is -0.491 e. The normalized spacial score (nSPS) is 18.0. The number of benzene rings is 3. The van der Waals surface area contributed by atoms with Gasteiger partial charge < -0.3 is 24.7 Å². The van der Waals surface area contributed by atoms with Crippen molar-refractivity contribution >= 4 is 39.9 Å². The van der Waals surface area contributed by atoms with Crippen LogP contribution in [0.15, 0.2) is 66.9 Å². The minimum absolute atomic E-state index is 0.171. The number of fused-ring (bicyclic) bond motifs is 2. The molecule has 6 rings (SSSR count). The summed E-state index contributed by atoms with van der Waals surface area (Å²) in [5.74, 6) is -2.66. The van der Waals surface area contributed by atoms with Gasteiger partial charge in [-0.1, -0.05) is 41.9 Å². The molecule has 1 aliphatic carbocycles. The van der Waals surface area contributed by atoms with E-state index in [0.29, 0.717) is 59.1 Å². The van der Waals surface area contributed by atoms with Crippen molar-refractivity contribution in [1.82, 2.24) is 9.88 Å². The van der Waals surface area contributed by atoms with Crippen LogP contribution in [0, 0.1) is 11.6 Å². The molecule has 4 aromatic rings. The zero-order chi connectivity index (χ0) is 30.8. The van der Waals surface area contributed by atoms with Crippen LogP contribution in [0.4, 0.5) is 14.5 Å². The van der Waals surface area contributed by atoms with Gasteiger partial charge in [0.25, 0.3) is 0 Å². The predicted molar refractivity (Wildman–Crippen MR) is 166 cm³/mol. The second-order valence-electron chi connectivity index (χ2n) is 11.1. The third kappa shape index (κ3) is 6.00. The Labute approximate surface area is 258 Å². The molecule has 0 atom stereocenters. The van der Waals surface area contributed by atoms with Gasteiger partial charge in [-0.15, -0.1) is 0 Å². The Kier molecular flexibility index (Phi) is 8.79. The number of ether oxygens (including phenoxy) is 2. The Morgan fingerprint density at radius 3 is 2.59 bits per heavy atom. The third-order valence-corrected chi connectivity index (χ3v) is 8.65. The van der Waals surface area contributed by atoms with E-state index >= 15 is 8.78 Å². The van der Waals surface area contributed by atoms with Crippen LogP contribution >= 0.6 is 11.6 Å². The van der Waals surface area contributed by atoms with Crippen molar-refractivity contribution in [1.29, 1.82) is 0 Å². The number of nitrogens with one attached hydrogen (secondary N) is 2. The number of methoxy groups -OCH3 is 1. The summed E-state index contributed by atoms with van der Waals surface area (Å²) in [5.41, 5.74) is 1.80. The van der Waals surface area contributed by atoms with Gasteiger partial charge in [-0.05, 0) is 49.9 Å². The van der Waals surface area contributed by atoms with E-state index in [0.717, 1.165) is 48.9 Å². The van der Waals surface area contributed by atoms with Gasteiger partial charge in [0.2, 0.25) is 5.91 Å². The van der Waals surface area contributed by atoms with Gasteiger partial charge in [-0.2, -0.15) is 0 Å². The number of carbonyl (C=O) groups is 2. The Morgan fingerprint density at radius 2 is 1.84 bits per heavy atom. The lowest BCUT2D eigenvalue weighted by Gasteiger charge is -2.27. The molecular weight excluding hydrogens is 588 g/mol. The molecule has 2 aliphatic rings. The van der Waals surface area contributed by atoms with E-state index in [1.54, 1.807) is 31.5 Å². The number of amides is 1. The largest absolute Gasteiger partial charge is 0.491 e. The van der Waals surface area contributed by atoms with Gasteiger partial charge in [-0.3, -0.25) is 9.59 Å². The lowest BCUT2D eigenvalue weighted by molar-refractivity contribution is -0.112. The van der Waals surface area contributed by atoms with E-state index in [1.165, 1.54) is 6.08 Å². The maximum Gasteiger partial charge on any atom is 0.248 e. The highest BCUT2D eigenvalue weighted by atomic mass is 35.5. The van der Waals surface area contributed by atoms with Crippen LogP contribution in [0.25, 0.3) is 22.0 Å². The Bertz CT molecular complexity index is 1740. The smallest absolute Gasteiger partial charge is 0.248 e. The van der Waals surface area contributed by atoms with Crippen LogP contribution in [0.5, 0.6) is 5.75 Å². The van der Waals surface area contributed by atoms with Crippen molar-refractivity contribution in [2.45, 2.75) is 44.4 Å². The first-order valence-corrected chi connectivity index (χ1v) is 15.0. The molecule has 7 nitrogen and oxygen atoms in total. The molecule has 2 heterocycles. The van der Waals surface area contributed by atoms with Crippen molar-refractivity contribution in [3.8, 4) is 16.9 Å². The van der Waals surface area contributed by atoms with Crippen LogP contribution in [-0.2, 0) is 16.1 Å². The summed E-state index contributed by atoms with van der Waals surface area (Å²) in [6, 6.07) is 13.2. The molecule has 1 fully saturated rings. The lowest BCUT2D eigenvalue weighted by atomic mass is 9.93. The second-order valence-corrected chi connectivity index (χ2v) is 11.5. The van der Waals surface area contributed by atoms with Crippen LogP contribution in [0.2, 0.25) is 5.02 Å². The summed E-state index contributed by atoms with van der Waals surface area (Å²) < 4.78 is 43.5. The average molecular weight is 620 g/mol. The number of rotatable bonds is 8. The van der Waals surface area contributed by atoms with E-state index in [1.807, 2.05) is 28.8 Å². The minimum atomic E-state index is -1.04. The molecule has 1 aliphatic heterocycles. The summed E-state index contributed by atoms with van der Waals surface area (Å²) in [6.45, 7) is 1.25. The maximum atomic E-state index is 15.1. The number of nitrogens with zero attached hydrogens (tertiary/aromatic N) is 1. The number of ketones is 1. The standard InChI is InChI=1S/C34H32ClF2N3O4/c1-43-22-12-10-21(11-13-22)38-14-4-9-30(41)39-32-27(36)17-20(18-28(32)37)34(42)25-19-40-15-16-44-29-8-3-7-26(35)31(29)24-6-2-5-23(25)33(24)40/h2-9,17-19,21-22,38H,10-16H2,1H3,(H,39,41)/b9-4+. The number of carbonyl (C=O) groups excluding carboxylic acids is 2. The van der Waals surface area contributed by atoms with Gasteiger partial charge in [-0.25, -0.2) is 8.78 Å². The number of aromatic nitrogens is 1. The molecule has 1 amide bonds. The lowest BCUT2D eigenvalue weighted by Crippen LogP contribution is -2.35. The van der Waals surface area contributed by atoms with Crippen molar-refractivity contribution in [3.63, 3.8) is 0 Å². The maximum absolute atomic E-state index is 15.1. The predicted octanol–water partition coefficient (Wildman–Crippen LogP) is 6.91. The van der Waals surface area contributed by atoms with Gasteiger partial charge in [0.1, 0.15) is 29.7 Å².